The van der Waals surface area contributed by atoms with Crippen molar-refractivity contribution >= 4 is 5.97 Å². The molecule has 0 aliphatic heterocycles. The first-order chi connectivity index (χ1) is 9.58. The highest BCUT2D eigenvalue weighted by Gasteiger charge is 2.21. The van der Waals surface area contributed by atoms with Gasteiger partial charge in [0.15, 0.2) is 6.61 Å². The molecular formula is C15H20N2O3. The number of carbonyl (C=O) groups excluding carboxylic acids is 1. The lowest BCUT2D eigenvalue weighted by molar-refractivity contribution is -0.144. The molecule has 0 saturated carbocycles. The van der Waals surface area contributed by atoms with Gasteiger partial charge in [0, 0.05) is 6.54 Å². The van der Waals surface area contributed by atoms with Gasteiger partial charge >= 0.3 is 5.97 Å². The van der Waals surface area contributed by atoms with Gasteiger partial charge in [-0.2, -0.15) is 5.26 Å². The van der Waals surface area contributed by atoms with Gasteiger partial charge in [-0.15, -0.1) is 0 Å². The van der Waals surface area contributed by atoms with Crippen molar-refractivity contribution in [2.45, 2.75) is 26.4 Å². The SMILES string of the molecule is COC(=O)[C@@H](NCc1ccc(OCC#N)cc1)C(C)C. The number of nitriles is 1. The maximum absolute atomic E-state index is 11.6. The van der Waals surface area contributed by atoms with E-state index in [1.807, 2.05) is 32.0 Å². The molecule has 5 heteroatoms. The fraction of sp³-hybridized carbons (Fsp3) is 0.467. The third-order valence-electron chi connectivity index (χ3n) is 2.87. The summed E-state index contributed by atoms with van der Waals surface area (Å²) in [6, 6.07) is 8.99. The summed E-state index contributed by atoms with van der Waals surface area (Å²) in [5.74, 6) is 0.554. The normalized spacial score (nSPS) is 11.8. The molecule has 0 heterocycles. The highest BCUT2D eigenvalue weighted by Crippen LogP contribution is 2.12. The summed E-state index contributed by atoms with van der Waals surface area (Å²) in [5.41, 5.74) is 1.03. The molecule has 108 valence electrons. The molecule has 1 aromatic rings. The Kier molecular flexibility index (Phi) is 6.54. The lowest BCUT2D eigenvalue weighted by Crippen LogP contribution is -2.41. The molecular weight excluding hydrogens is 256 g/mol. The first-order valence-electron chi connectivity index (χ1n) is 6.48. The van der Waals surface area contributed by atoms with Crippen LogP contribution in [0.1, 0.15) is 19.4 Å². The van der Waals surface area contributed by atoms with Crippen LogP contribution in [-0.2, 0) is 16.1 Å². The smallest absolute Gasteiger partial charge is 0.323 e. The molecule has 0 aromatic heterocycles. The summed E-state index contributed by atoms with van der Waals surface area (Å²) in [4.78, 5) is 11.6. The Morgan fingerprint density at radius 3 is 2.50 bits per heavy atom. The van der Waals surface area contributed by atoms with E-state index < -0.39 is 0 Å². The molecule has 0 spiro atoms. The Morgan fingerprint density at radius 2 is 2.00 bits per heavy atom. The second-order valence-electron chi connectivity index (χ2n) is 4.72. The second-order valence-corrected chi connectivity index (χ2v) is 4.72. The predicted octanol–water partition coefficient (Wildman–Crippen LogP) is 1.88. The fourth-order valence-corrected chi connectivity index (χ4v) is 1.77. The summed E-state index contributed by atoms with van der Waals surface area (Å²) in [5, 5.41) is 11.6. The van der Waals surface area contributed by atoms with Crippen LogP contribution in [0.3, 0.4) is 0 Å². The van der Waals surface area contributed by atoms with Crippen molar-refractivity contribution in [2.75, 3.05) is 13.7 Å². The van der Waals surface area contributed by atoms with E-state index in [2.05, 4.69) is 5.32 Å². The van der Waals surface area contributed by atoms with Crippen LogP contribution >= 0.6 is 0 Å². The van der Waals surface area contributed by atoms with E-state index in [1.165, 1.54) is 7.11 Å². The van der Waals surface area contributed by atoms with E-state index in [1.54, 1.807) is 12.1 Å². The summed E-state index contributed by atoms with van der Waals surface area (Å²) >= 11 is 0. The molecule has 1 rings (SSSR count). The van der Waals surface area contributed by atoms with Crippen molar-refractivity contribution in [3.8, 4) is 11.8 Å². The molecule has 20 heavy (non-hydrogen) atoms. The minimum absolute atomic E-state index is 0.0371. The molecule has 1 aromatic carbocycles. The zero-order valence-corrected chi connectivity index (χ0v) is 12.1. The molecule has 1 atom stereocenters. The summed E-state index contributed by atoms with van der Waals surface area (Å²) in [6.45, 7) is 4.53. The van der Waals surface area contributed by atoms with E-state index in [0.717, 1.165) is 5.56 Å². The zero-order chi connectivity index (χ0) is 15.0. The molecule has 0 saturated heterocycles. The maximum atomic E-state index is 11.6. The minimum atomic E-state index is -0.325. The lowest BCUT2D eigenvalue weighted by Gasteiger charge is -2.19. The van der Waals surface area contributed by atoms with E-state index in [9.17, 15) is 4.79 Å². The average Bonchev–Trinajstić information content (AvgIpc) is 2.45. The zero-order valence-electron chi connectivity index (χ0n) is 12.1. The highest BCUT2D eigenvalue weighted by atomic mass is 16.5. The Balaban J connectivity index is 2.56. The molecule has 0 amide bonds. The number of methoxy groups -OCH3 is 1. The van der Waals surface area contributed by atoms with Crippen LogP contribution in [0.4, 0.5) is 0 Å². The van der Waals surface area contributed by atoms with Gasteiger partial charge in [-0.3, -0.25) is 4.79 Å². The lowest BCUT2D eigenvalue weighted by atomic mass is 10.0. The van der Waals surface area contributed by atoms with Gasteiger partial charge in [0.05, 0.1) is 7.11 Å². The van der Waals surface area contributed by atoms with Crippen molar-refractivity contribution in [1.29, 1.82) is 5.26 Å². The van der Waals surface area contributed by atoms with Crippen molar-refractivity contribution in [3.63, 3.8) is 0 Å². The monoisotopic (exact) mass is 276 g/mol. The summed E-state index contributed by atoms with van der Waals surface area (Å²) in [6.07, 6.45) is 0. The number of hydrogen-bond donors (Lipinski definition) is 1. The first-order valence-corrected chi connectivity index (χ1v) is 6.48. The molecule has 0 bridgehead atoms. The quantitative estimate of drug-likeness (QED) is 0.770. The van der Waals surface area contributed by atoms with Gasteiger partial charge in [-0.25, -0.2) is 0 Å². The topological polar surface area (TPSA) is 71.3 Å². The van der Waals surface area contributed by atoms with Crippen molar-refractivity contribution < 1.29 is 14.3 Å². The molecule has 0 unspecified atom stereocenters. The maximum Gasteiger partial charge on any atom is 0.323 e. The van der Waals surface area contributed by atoms with Gasteiger partial charge in [-0.05, 0) is 23.6 Å². The predicted molar refractivity (Wildman–Crippen MR) is 75.0 cm³/mol. The van der Waals surface area contributed by atoms with Crippen LogP contribution < -0.4 is 10.1 Å². The van der Waals surface area contributed by atoms with Crippen LogP contribution in [0.5, 0.6) is 5.75 Å². The van der Waals surface area contributed by atoms with Gasteiger partial charge in [0.2, 0.25) is 0 Å². The number of benzene rings is 1. The van der Waals surface area contributed by atoms with Crippen LogP contribution in [0.25, 0.3) is 0 Å². The van der Waals surface area contributed by atoms with Gasteiger partial charge in [0.25, 0.3) is 0 Å². The Hall–Kier alpha value is -2.06. The number of esters is 1. The van der Waals surface area contributed by atoms with Crippen LogP contribution in [0.2, 0.25) is 0 Å². The standard InChI is InChI=1S/C15H20N2O3/c1-11(2)14(15(18)19-3)17-10-12-4-6-13(7-5-12)20-9-8-16/h4-7,11,14,17H,9-10H2,1-3H3/t14-/m0/s1. The molecule has 0 aliphatic rings. The largest absolute Gasteiger partial charge is 0.479 e. The number of nitrogens with one attached hydrogen (secondary N) is 1. The van der Waals surface area contributed by atoms with Crippen molar-refractivity contribution in [2.24, 2.45) is 5.92 Å². The Bertz CT molecular complexity index is 463. The van der Waals surface area contributed by atoms with Gasteiger partial charge in [-0.1, -0.05) is 26.0 Å². The number of ether oxygens (including phenoxy) is 2. The van der Waals surface area contributed by atoms with E-state index in [-0.39, 0.29) is 24.5 Å². The molecule has 0 fully saturated rings. The average molecular weight is 276 g/mol. The molecule has 0 radical (unpaired) electrons. The number of rotatable bonds is 7. The number of hydrogen-bond acceptors (Lipinski definition) is 5. The Morgan fingerprint density at radius 1 is 1.35 bits per heavy atom. The first kappa shape index (κ1) is 16.0. The van der Waals surface area contributed by atoms with Crippen LogP contribution in [-0.4, -0.2) is 25.7 Å². The van der Waals surface area contributed by atoms with E-state index >= 15 is 0 Å². The minimum Gasteiger partial charge on any atom is -0.479 e. The van der Waals surface area contributed by atoms with Gasteiger partial charge < -0.3 is 14.8 Å². The third kappa shape index (κ3) is 4.90. The molecule has 5 nitrogen and oxygen atoms in total. The third-order valence-corrected chi connectivity index (χ3v) is 2.87. The highest BCUT2D eigenvalue weighted by molar-refractivity contribution is 5.75. The van der Waals surface area contributed by atoms with Crippen LogP contribution in [0.15, 0.2) is 24.3 Å². The van der Waals surface area contributed by atoms with E-state index in [4.69, 9.17) is 14.7 Å². The van der Waals surface area contributed by atoms with Gasteiger partial charge in [0.1, 0.15) is 17.9 Å². The van der Waals surface area contributed by atoms with Crippen molar-refractivity contribution in [3.05, 3.63) is 29.8 Å². The Labute approximate surface area is 119 Å². The summed E-state index contributed by atoms with van der Waals surface area (Å²) in [7, 11) is 1.39. The number of nitrogens with zero attached hydrogens (tertiary/aromatic N) is 1. The fourth-order valence-electron chi connectivity index (χ4n) is 1.77. The molecule has 1 N–H and O–H groups in total. The molecule has 0 aliphatic carbocycles. The second kappa shape index (κ2) is 8.18. The number of carbonyl (C=O) groups is 1. The van der Waals surface area contributed by atoms with Crippen molar-refractivity contribution in [1.82, 2.24) is 5.32 Å². The summed E-state index contributed by atoms with van der Waals surface area (Å²) < 4.78 is 9.95. The van der Waals surface area contributed by atoms with E-state index in [0.29, 0.717) is 12.3 Å². The van der Waals surface area contributed by atoms with Crippen LogP contribution in [0, 0.1) is 17.2 Å².